The number of ether oxygens (including phenoxy) is 1. The van der Waals surface area contributed by atoms with E-state index >= 15 is 0 Å². The topological polar surface area (TPSA) is 102 Å². The van der Waals surface area contributed by atoms with Crippen molar-refractivity contribution in [3.05, 3.63) is 34.6 Å². The minimum atomic E-state index is -0.574. The predicted octanol–water partition coefficient (Wildman–Crippen LogP) is 0.981. The average Bonchev–Trinajstić information content (AvgIpc) is 2.62. The van der Waals surface area contributed by atoms with Gasteiger partial charge in [-0.15, -0.1) is 0 Å². The standard InChI is InChI=1S/C16H20N4O4S/c1-17-15(23)19-13(21)10-25-16-18-12-7-4-3-6-11(12)14(22)20(16)8-5-9-24-2/h3-4,6-7H,5,8-10H2,1-2H3,(H2,17,19,21,23). The number of imide groups is 1. The molecule has 2 aromatic rings. The quantitative estimate of drug-likeness (QED) is 0.431. The third-order valence-corrected chi connectivity index (χ3v) is 4.35. The number of rotatable bonds is 7. The zero-order valence-electron chi connectivity index (χ0n) is 14.1. The third-order valence-electron chi connectivity index (χ3n) is 3.37. The van der Waals surface area contributed by atoms with E-state index in [2.05, 4.69) is 15.6 Å². The molecule has 0 aliphatic heterocycles. The number of nitrogens with zero attached hydrogens (tertiary/aromatic N) is 2. The number of hydrogen-bond acceptors (Lipinski definition) is 6. The second kappa shape index (κ2) is 9.19. The predicted molar refractivity (Wildman–Crippen MR) is 95.8 cm³/mol. The van der Waals surface area contributed by atoms with Crippen molar-refractivity contribution < 1.29 is 14.3 Å². The number of thioether (sulfide) groups is 1. The minimum Gasteiger partial charge on any atom is -0.385 e. The van der Waals surface area contributed by atoms with Gasteiger partial charge in [-0.1, -0.05) is 23.9 Å². The van der Waals surface area contributed by atoms with Gasteiger partial charge >= 0.3 is 6.03 Å². The van der Waals surface area contributed by atoms with Crippen LogP contribution in [0.2, 0.25) is 0 Å². The van der Waals surface area contributed by atoms with Crippen LogP contribution in [-0.4, -0.2) is 48.0 Å². The zero-order chi connectivity index (χ0) is 18.2. The fourth-order valence-corrected chi connectivity index (χ4v) is 3.00. The van der Waals surface area contributed by atoms with Crippen molar-refractivity contribution in [1.82, 2.24) is 20.2 Å². The maximum Gasteiger partial charge on any atom is 0.321 e. The number of amides is 3. The molecule has 8 nitrogen and oxygen atoms in total. The number of carbonyl (C=O) groups is 2. The van der Waals surface area contributed by atoms with E-state index in [1.54, 1.807) is 35.9 Å². The van der Waals surface area contributed by atoms with Crippen LogP contribution in [-0.2, 0) is 16.1 Å². The number of fused-ring (bicyclic) bond motifs is 1. The second-order valence-corrected chi connectivity index (χ2v) is 6.07. The number of aromatic nitrogens is 2. The summed E-state index contributed by atoms with van der Waals surface area (Å²) in [6.45, 7) is 0.949. The molecular weight excluding hydrogens is 344 g/mol. The van der Waals surface area contributed by atoms with E-state index in [4.69, 9.17) is 4.74 Å². The summed E-state index contributed by atoms with van der Waals surface area (Å²) in [6.07, 6.45) is 0.647. The van der Waals surface area contributed by atoms with Gasteiger partial charge in [-0.2, -0.15) is 0 Å². The highest BCUT2D eigenvalue weighted by Gasteiger charge is 2.14. The molecule has 2 N–H and O–H groups in total. The highest BCUT2D eigenvalue weighted by atomic mass is 32.2. The first-order valence-electron chi connectivity index (χ1n) is 7.69. The Hall–Kier alpha value is -2.39. The van der Waals surface area contributed by atoms with Crippen LogP contribution in [0.5, 0.6) is 0 Å². The number of para-hydroxylation sites is 1. The summed E-state index contributed by atoms with van der Waals surface area (Å²) in [6, 6.07) is 6.50. The van der Waals surface area contributed by atoms with E-state index < -0.39 is 11.9 Å². The number of urea groups is 1. The maximum atomic E-state index is 12.7. The molecule has 9 heteroatoms. The molecule has 0 aliphatic rings. The highest BCUT2D eigenvalue weighted by Crippen LogP contribution is 2.18. The normalized spacial score (nSPS) is 10.6. The van der Waals surface area contributed by atoms with Gasteiger partial charge in [0.15, 0.2) is 5.16 Å². The Morgan fingerprint density at radius 3 is 2.80 bits per heavy atom. The molecular formula is C16H20N4O4S. The van der Waals surface area contributed by atoms with E-state index in [9.17, 15) is 14.4 Å². The highest BCUT2D eigenvalue weighted by molar-refractivity contribution is 7.99. The fourth-order valence-electron chi connectivity index (χ4n) is 2.18. The third kappa shape index (κ3) is 5.04. The van der Waals surface area contributed by atoms with Crippen molar-refractivity contribution in [1.29, 1.82) is 0 Å². The van der Waals surface area contributed by atoms with Crippen molar-refractivity contribution in [3.8, 4) is 0 Å². The van der Waals surface area contributed by atoms with E-state index in [1.807, 2.05) is 0 Å². The van der Waals surface area contributed by atoms with Crippen LogP contribution in [0.25, 0.3) is 10.9 Å². The molecule has 0 unspecified atom stereocenters. The Balaban J connectivity index is 2.26. The molecule has 1 aromatic carbocycles. The van der Waals surface area contributed by atoms with Crippen molar-refractivity contribution in [2.75, 3.05) is 26.5 Å². The molecule has 3 amide bonds. The Morgan fingerprint density at radius 2 is 2.08 bits per heavy atom. The van der Waals surface area contributed by atoms with Gasteiger partial charge in [0.1, 0.15) is 0 Å². The lowest BCUT2D eigenvalue weighted by Gasteiger charge is -2.12. The largest absolute Gasteiger partial charge is 0.385 e. The molecule has 0 atom stereocenters. The minimum absolute atomic E-state index is 0.0253. The molecule has 0 fully saturated rings. The van der Waals surface area contributed by atoms with Gasteiger partial charge in [0.2, 0.25) is 5.91 Å². The van der Waals surface area contributed by atoms with Crippen LogP contribution in [0.3, 0.4) is 0 Å². The summed E-state index contributed by atoms with van der Waals surface area (Å²) in [5.41, 5.74) is 0.417. The molecule has 0 saturated carbocycles. The molecule has 2 rings (SSSR count). The molecule has 25 heavy (non-hydrogen) atoms. The lowest BCUT2D eigenvalue weighted by molar-refractivity contribution is -0.117. The molecule has 1 heterocycles. The first kappa shape index (κ1) is 18.9. The Bertz CT molecular complexity index is 821. The van der Waals surface area contributed by atoms with E-state index in [-0.39, 0.29) is 11.3 Å². The van der Waals surface area contributed by atoms with Crippen LogP contribution in [0.4, 0.5) is 4.79 Å². The van der Waals surface area contributed by atoms with Gasteiger partial charge < -0.3 is 10.1 Å². The summed E-state index contributed by atoms with van der Waals surface area (Å²) in [5, 5.41) is 5.45. The first-order chi connectivity index (χ1) is 12.1. The summed E-state index contributed by atoms with van der Waals surface area (Å²) < 4.78 is 6.57. The van der Waals surface area contributed by atoms with Crippen LogP contribution >= 0.6 is 11.8 Å². The van der Waals surface area contributed by atoms with Crippen LogP contribution in [0.15, 0.2) is 34.2 Å². The molecule has 0 aliphatic carbocycles. The number of nitrogens with one attached hydrogen (secondary N) is 2. The maximum absolute atomic E-state index is 12.7. The molecule has 0 spiro atoms. The summed E-state index contributed by atoms with van der Waals surface area (Å²) in [5.74, 6) is -0.488. The number of hydrogen-bond donors (Lipinski definition) is 2. The molecule has 1 aromatic heterocycles. The van der Waals surface area contributed by atoms with Crippen LogP contribution < -0.4 is 16.2 Å². The summed E-state index contributed by atoms with van der Waals surface area (Å²) >= 11 is 1.11. The van der Waals surface area contributed by atoms with Crippen LogP contribution in [0.1, 0.15) is 6.42 Å². The molecule has 134 valence electrons. The van der Waals surface area contributed by atoms with Gasteiger partial charge in [0.05, 0.1) is 16.7 Å². The average molecular weight is 364 g/mol. The number of benzene rings is 1. The Kier molecular flexibility index (Phi) is 6.96. The second-order valence-electron chi connectivity index (χ2n) is 5.13. The van der Waals surface area contributed by atoms with Crippen molar-refractivity contribution >= 4 is 34.6 Å². The molecule has 0 saturated heterocycles. The number of methoxy groups -OCH3 is 1. The fraction of sp³-hybridized carbons (Fsp3) is 0.375. The first-order valence-corrected chi connectivity index (χ1v) is 8.68. The Labute approximate surface area is 149 Å². The molecule has 0 radical (unpaired) electrons. The Morgan fingerprint density at radius 1 is 1.32 bits per heavy atom. The van der Waals surface area contributed by atoms with Crippen molar-refractivity contribution in [3.63, 3.8) is 0 Å². The monoisotopic (exact) mass is 364 g/mol. The van der Waals surface area contributed by atoms with Gasteiger partial charge in [-0.05, 0) is 18.6 Å². The summed E-state index contributed by atoms with van der Waals surface area (Å²) in [7, 11) is 3.02. The SMILES string of the molecule is CNC(=O)NC(=O)CSc1nc2ccccc2c(=O)n1CCCOC. The summed E-state index contributed by atoms with van der Waals surface area (Å²) in [4.78, 5) is 40.2. The van der Waals surface area contributed by atoms with Gasteiger partial charge in [0.25, 0.3) is 5.56 Å². The van der Waals surface area contributed by atoms with Gasteiger partial charge in [-0.25, -0.2) is 9.78 Å². The van der Waals surface area contributed by atoms with Gasteiger partial charge in [-0.3, -0.25) is 19.5 Å². The van der Waals surface area contributed by atoms with E-state index in [0.717, 1.165) is 11.8 Å². The van der Waals surface area contributed by atoms with E-state index in [1.165, 1.54) is 7.05 Å². The lowest BCUT2D eigenvalue weighted by atomic mass is 10.2. The molecule has 0 bridgehead atoms. The van der Waals surface area contributed by atoms with Crippen LogP contribution in [0, 0.1) is 0 Å². The smallest absolute Gasteiger partial charge is 0.321 e. The lowest BCUT2D eigenvalue weighted by Crippen LogP contribution is -2.38. The van der Waals surface area contributed by atoms with Gasteiger partial charge in [0, 0.05) is 27.3 Å². The van der Waals surface area contributed by atoms with Crippen molar-refractivity contribution in [2.24, 2.45) is 0 Å². The van der Waals surface area contributed by atoms with E-state index in [0.29, 0.717) is 35.6 Å². The van der Waals surface area contributed by atoms with Crippen molar-refractivity contribution in [2.45, 2.75) is 18.1 Å². The zero-order valence-corrected chi connectivity index (χ0v) is 14.9. The number of carbonyl (C=O) groups excluding carboxylic acids is 2.